The van der Waals surface area contributed by atoms with Crippen LogP contribution in [0.4, 0.5) is 5.69 Å². The lowest BCUT2D eigenvalue weighted by Crippen LogP contribution is -2.51. The Bertz CT molecular complexity index is 539. The molecule has 0 unspecified atom stereocenters. The van der Waals surface area contributed by atoms with E-state index in [1.54, 1.807) is 0 Å². The minimum atomic E-state index is 0.232. The van der Waals surface area contributed by atoms with E-state index in [0.717, 1.165) is 38.0 Å². The van der Waals surface area contributed by atoms with Gasteiger partial charge in [-0.3, -0.25) is 9.69 Å². The van der Waals surface area contributed by atoms with Crippen molar-refractivity contribution in [2.75, 3.05) is 37.6 Å². The van der Waals surface area contributed by atoms with Crippen molar-refractivity contribution in [3.63, 3.8) is 0 Å². The van der Waals surface area contributed by atoms with Crippen LogP contribution in [0.1, 0.15) is 25.7 Å². The predicted octanol–water partition coefficient (Wildman–Crippen LogP) is 2.11. The first-order valence-electron chi connectivity index (χ1n) is 9.09. The van der Waals surface area contributed by atoms with E-state index in [4.69, 9.17) is 0 Å². The Kier molecular flexibility index (Phi) is 4.25. The van der Waals surface area contributed by atoms with E-state index in [2.05, 4.69) is 45.4 Å². The third-order valence-electron chi connectivity index (χ3n) is 5.95. The summed E-state index contributed by atoms with van der Waals surface area (Å²) in [5.74, 6) is 1.88. The van der Waals surface area contributed by atoms with Crippen LogP contribution >= 0.6 is 0 Å². The number of nitrogens with zero attached hydrogens (tertiary/aromatic N) is 2. The minimum Gasteiger partial charge on any atom is -0.369 e. The minimum absolute atomic E-state index is 0.232. The van der Waals surface area contributed by atoms with Gasteiger partial charge in [0, 0.05) is 37.9 Å². The predicted molar refractivity (Wildman–Crippen MR) is 92.5 cm³/mol. The van der Waals surface area contributed by atoms with Gasteiger partial charge >= 0.3 is 0 Å². The SMILES string of the molecule is O=C(CN1CCN(c2ccccc2)CC1)N[C@@H]1C[C@H]2CC[C@H]1C2. The van der Waals surface area contributed by atoms with Crippen LogP contribution < -0.4 is 10.2 Å². The fourth-order valence-electron chi connectivity index (χ4n) is 4.68. The standard InChI is InChI=1S/C19H27N3O/c23-19(20-18-13-15-6-7-16(18)12-15)14-21-8-10-22(11-9-21)17-4-2-1-3-5-17/h1-5,15-16,18H,6-14H2,(H,20,23)/t15-,16-,18+/m0/s1. The highest BCUT2D eigenvalue weighted by Crippen LogP contribution is 2.44. The van der Waals surface area contributed by atoms with Crippen LogP contribution in [0.3, 0.4) is 0 Å². The molecule has 1 amide bonds. The van der Waals surface area contributed by atoms with Crippen LogP contribution in [0.5, 0.6) is 0 Å². The lowest BCUT2D eigenvalue weighted by atomic mass is 9.95. The number of benzene rings is 1. The van der Waals surface area contributed by atoms with Gasteiger partial charge in [-0.25, -0.2) is 0 Å². The van der Waals surface area contributed by atoms with E-state index in [9.17, 15) is 4.79 Å². The highest BCUT2D eigenvalue weighted by Gasteiger charge is 2.40. The zero-order valence-corrected chi connectivity index (χ0v) is 13.8. The molecule has 0 spiro atoms. The Morgan fingerprint density at radius 2 is 1.83 bits per heavy atom. The van der Waals surface area contributed by atoms with Crippen molar-refractivity contribution < 1.29 is 4.79 Å². The molecule has 4 nitrogen and oxygen atoms in total. The smallest absolute Gasteiger partial charge is 0.234 e. The molecular formula is C19H27N3O. The highest BCUT2D eigenvalue weighted by atomic mass is 16.2. The van der Waals surface area contributed by atoms with Gasteiger partial charge in [-0.2, -0.15) is 0 Å². The maximum atomic E-state index is 12.3. The van der Waals surface area contributed by atoms with E-state index in [1.165, 1.54) is 31.4 Å². The van der Waals surface area contributed by atoms with Crippen LogP contribution in [0.25, 0.3) is 0 Å². The number of para-hydroxylation sites is 1. The summed E-state index contributed by atoms with van der Waals surface area (Å²) >= 11 is 0. The summed E-state index contributed by atoms with van der Waals surface area (Å²) in [4.78, 5) is 17.0. The fraction of sp³-hybridized carbons (Fsp3) is 0.632. The summed E-state index contributed by atoms with van der Waals surface area (Å²) in [6.45, 7) is 4.52. The molecule has 2 aliphatic carbocycles. The highest BCUT2D eigenvalue weighted by molar-refractivity contribution is 5.78. The molecule has 2 saturated carbocycles. The third-order valence-corrected chi connectivity index (χ3v) is 5.95. The van der Waals surface area contributed by atoms with Crippen LogP contribution in [0, 0.1) is 11.8 Å². The molecule has 4 rings (SSSR count). The maximum absolute atomic E-state index is 12.3. The zero-order valence-electron chi connectivity index (χ0n) is 13.8. The Morgan fingerprint density at radius 3 is 2.48 bits per heavy atom. The van der Waals surface area contributed by atoms with Gasteiger partial charge in [0.2, 0.25) is 5.91 Å². The second-order valence-corrected chi connectivity index (χ2v) is 7.45. The average molecular weight is 313 g/mol. The molecular weight excluding hydrogens is 286 g/mol. The zero-order chi connectivity index (χ0) is 15.6. The molecule has 0 radical (unpaired) electrons. The molecule has 1 heterocycles. The van der Waals surface area contributed by atoms with Crippen molar-refractivity contribution in [2.24, 2.45) is 11.8 Å². The number of piperazine rings is 1. The molecule has 4 heteroatoms. The first kappa shape index (κ1) is 15.0. The van der Waals surface area contributed by atoms with Gasteiger partial charge in [0.05, 0.1) is 6.54 Å². The monoisotopic (exact) mass is 313 g/mol. The Labute approximate surface area is 138 Å². The summed E-state index contributed by atoms with van der Waals surface area (Å²) < 4.78 is 0. The molecule has 1 aromatic carbocycles. The summed E-state index contributed by atoms with van der Waals surface area (Å²) in [5.41, 5.74) is 1.29. The topological polar surface area (TPSA) is 35.6 Å². The summed E-state index contributed by atoms with van der Waals surface area (Å²) in [7, 11) is 0. The van der Waals surface area contributed by atoms with Crippen LogP contribution in [0.2, 0.25) is 0 Å². The first-order valence-corrected chi connectivity index (χ1v) is 9.09. The van der Waals surface area contributed by atoms with E-state index in [1.807, 2.05) is 0 Å². The molecule has 1 aliphatic heterocycles. The molecule has 0 aromatic heterocycles. The van der Waals surface area contributed by atoms with Crippen molar-refractivity contribution in [3.8, 4) is 0 Å². The van der Waals surface area contributed by atoms with Crippen LogP contribution in [0.15, 0.2) is 30.3 Å². The van der Waals surface area contributed by atoms with Crippen molar-refractivity contribution in [3.05, 3.63) is 30.3 Å². The summed E-state index contributed by atoms with van der Waals surface area (Å²) in [5, 5.41) is 3.31. The van der Waals surface area contributed by atoms with Gasteiger partial charge in [-0.15, -0.1) is 0 Å². The van der Waals surface area contributed by atoms with Gasteiger partial charge < -0.3 is 10.2 Å². The third kappa shape index (κ3) is 3.37. The average Bonchev–Trinajstić information content (AvgIpc) is 3.19. The number of rotatable bonds is 4. The van der Waals surface area contributed by atoms with Crippen molar-refractivity contribution in [1.29, 1.82) is 0 Å². The van der Waals surface area contributed by atoms with E-state index in [0.29, 0.717) is 12.6 Å². The van der Waals surface area contributed by atoms with Gasteiger partial charge in [0.1, 0.15) is 0 Å². The number of hydrogen-bond acceptors (Lipinski definition) is 3. The molecule has 1 saturated heterocycles. The number of carbonyl (C=O) groups excluding carboxylic acids is 1. The van der Waals surface area contributed by atoms with Gasteiger partial charge in [-0.05, 0) is 43.2 Å². The molecule has 1 N–H and O–H groups in total. The summed E-state index contributed by atoms with van der Waals surface area (Å²) in [6, 6.07) is 11.0. The molecule has 1 aromatic rings. The van der Waals surface area contributed by atoms with Gasteiger partial charge in [-0.1, -0.05) is 24.6 Å². The molecule has 3 aliphatic rings. The quantitative estimate of drug-likeness (QED) is 0.925. The lowest BCUT2D eigenvalue weighted by molar-refractivity contribution is -0.123. The van der Waals surface area contributed by atoms with Crippen LogP contribution in [-0.2, 0) is 4.79 Å². The van der Waals surface area contributed by atoms with E-state index < -0.39 is 0 Å². The van der Waals surface area contributed by atoms with E-state index >= 15 is 0 Å². The van der Waals surface area contributed by atoms with E-state index in [-0.39, 0.29) is 5.91 Å². The number of nitrogens with one attached hydrogen (secondary N) is 1. The number of anilines is 1. The molecule has 3 atom stereocenters. The number of fused-ring (bicyclic) bond motifs is 2. The lowest BCUT2D eigenvalue weighted by Gasteiger charge is -2.36. The first-order chi connectivity index (χ1) is 11.3. The second-order valence-electron chi connectivity index (χ2n) is 7.45. The molecule has 124 valence electrons. The van der Waals surface area contributed by atoms with Gasteiger partial charge in [0.25, 0.3) is 0 Å². The number of amides is 1. The summed E-state index contributed by atoms with van der Waals surface area (Å²) in [6.07, 6.45) is 5.28. The van der Waals surface area contributed by atoms with Gasteiger partial charge in [0.15, 0.2) is 0 Å². The number of hydrogen-bond donors (Lipinski definition) is 1. The Morgan fingerprint density at radius 1 is 1.04 bits per heavy atom. The fourth-order valence-corrected chi connectivity index (χ4v) is 4.68. The van der Waals surface area contributed by atoms with Crippen LogP contribution in [-0.4, -0.2) is 49.6 Å². The maximum Gasteiger partial charge on any atom is 0.234 e. The molecule has 2 bridgehead atoms. The number of carbonyl (C=O) groups is 1. The largest absolute Gasteiger partial charge is 0.369 e. The normalized spacial score (nSPS) is 30.6. The molecule has 3 fully saturated rings. The molecule has 23 heavy (non-hydrogen) atoms. The Balaban J connectivity index is 1.22. The van der Waals surface area contributed by atoms with Crippen molar-refractivity contribution >= 4 is 11.6 Å². The van der Waals surface area contributed by atoms with Crippen molar-refractivity contribution in [1.82, 2.24) is 10.2 Å². The van der Waals surface area contributed by atoms with Crippen molar-refractivity contribution in [2.45, 2.75) is 31.7 Å². The Hall–Kier alpha value is -1.55. The second kappa shape index (κ2) is 6.52.